The third-order valence-electron chi connectivity index (χ3n) is 3.66. The first kappa shape index (κ1) is 17.8. The average Bonchev–Trinajstić information content (AvgIpc) is 2.69. The molecule has 0 saturated carbocycles. The quantitative estimate of drug-likeness (QED) is 0.751. The smallest absolute Gasteiger partial charge is 0.271 e. The maximum Gasteiger partial charge on any atom is 0.271 e. The molecule has 26 heavy (non-hydrogen) atoms. The molecule has 6 nitrogen and oxygen atoms in total. The molecule has 0 bridgehead atoms. The highest BCUT2D eigenvalue weighted by Gasteiger charge is 2.07. The Morgan fingerprint density at radius 2 is 1.73 bits per heavy atom. The van der Waals surface area contributed by atoms with Crippen LogP contribution in [0.4, 0.5) is 0 Å². The fraction of sp³-hybridized carbons (Fsp3) is 0.105. The molecule has 1 heterocycles. The van der Waals surface area contributed by atoms with E-state index in [2.05, 4.69) is 10.4 Å². The van der Waals surface area contributed by atoms with Crippen molar-refractivity contribution in [1.29, 1.82) is 0 Å². The molecule has 1 aromatic heterocycles. The number of amides is 1. The number of aromatic nitrogens is 2. The van der Waals surface area contributed by atoms with Crippen molar-refractivity contribution < 1.29 is 9.53 Å². The van der Waals surface area contributed by atoms with E-state index >= 15 is 0 Å². The summed E-state index contributed by atoms with van der Waals surface area (Å²) in [4.78, 5) is 24.8. The van der Waals surface area contributed by atoms with E-state index in [9.17, 15) is 9.59 Å². The summed E-state index contributed by atoms with van der Waals surface area (Å²) < 4.78 is 6.47. The standard InChI is InChI=1S/C19H17N3O3S/c1-20-19(24)13-3-5-14(6-4-13)22-18(23)12-11-17(21-22)26-16-9-7-15(25-2)8-10-16/h3-12H,1-2H3,(H,20,24). The second-order valence-electron chi connectivity index (χ2n) is 5.33. The van der Waals surface area contributed by atoms with Crippen molar-refractivity contribution >= 4 is 17.7 Å². The molecule has 0 radical (unpaired) electrons. The van der Waals surface area contributed by atoms with Crippen molar-refractivity contribution in [3.8, 4) is 11.4 Å². The minimum Gasteiger partial charge on any atom is -0.497 e. The summed E-state index contributed by atoms with van der Waals surface area (Å²) >= 11 is 1.45. The second kappa shape index (κ2) is 7.88. The van der Waals surface area contributed by atoms with Gasteiger partial charge in [0.2, 0.25) is 0 Å². The molecule has 1 N–H and O–H groups in total. The van der Waals surface area contributed by atoms with Gasteiger partial charge in [-0.2, -0.15) is 9.78 Å². The van der Waals surface area contributed by atoms with Crippen LogP contribution in [0.3, 0.4) is 0 Å². The zero-order chi connectivity index (χ0) is 18.5. The zero-order valence-electron chi connectivity index (χ0n) is 14.3. The van der Waals surface area contributed by atoms with Crippen molar-refractivity contribution in [3.05, 3.63) is 76.6 Å². The van der Waals surface area contributed by atoms with Gasteiger partial charge in [0, 0.05) is 23.6 Å². The highest BCUT2D eigenvalue weighted by molar-refractivity contribution is 7.99. The maximum atomic E-state index is 12.2. The lowest BCUT2D eigenvalue weighted by Gasteiger charge is -2.08. The highest BCUT2D eigenvalue weighted by Crippen LogP contribution is 2.27. The molecule has 0 aliphatic rings. The number of hydrogen-bond acceptors (Lipinski definition) is 5. The van der Waals surface area contributed by atoms with E-state index < -0.39 is 0 Å². The van der Waals surface area contributed by atoms with Gasteiger partial charge in [-0.25, -0.2) is 0 Å². The molecule has 0 aliphatic heterocycles. The van der Waals surface area contributed by atoms with Gasteiger partial charge in [0.25, 0.3) is 11.5 Å². The third kappa shape index (κ3) is 3.94. The van der Waals surface area contributed by atoms with Gasteiger partial charge in [0.15, 0.2) is 0 Å². The van der Waals surface area contributed by atoms with Gasteiger partial charge < -0.3 is 10.1 Å². The lowest BCUT2D eigenvalue weighted by molar-refractivity contribution is 0.0963. The SMILES string of the molecule is CNC(=O)c1ccc(-n2nc(Sc3ccc(OC)cc3)ccc2=O)cc1. The molecule has 1 amide bonds. The number of methoxy groups -OCH3 is 1. The topological polar surface area (TPSA) is 73.2 Å². The van der Waals surface area contributed by atoms with Crippen LogP contribution in [-0.4, -0.2) is 29.8 Å². The van der Waals surface area contributed by atoms with Crippen LogP contribution in [0, 0.1) is 0 Å². The first-order chi connectivity index (χ1) is 12.6. The van der Waals surface area contributed by atoms with E-state index in [0.29, 0.717) is 16.3 Å². The van der Waals surface area contributed by atoms with Crippen molar-refractivity contribution in [2.45, 2.75) is 9.92 Å². The number of ether oxygens (including phenoxy) is 1. The van der Waals surface area contributed by atoms with E-state index in [1.54, 1.807) is 44.5 Å². The number of carbonyl (C=O) groups is 1. The van der Waals surface area contributed by atoms with Crippen LogP contribution in [0.1, 0.15) is 10.4 Å². The monoisotopic (exact) mass is 367 g/mol. The lowest BCUT2D eigenvalue weighted by Crippen LogP contribution is -2.21. The van der Waals surface area contributed by atoms with E-state index in [4.69, 9.17) is 4.74 Å². The van der Waals surface area contributed by atoms with Gasteiger partial charge in [-0.15, -0.1) is 0 Å². The number of nitrogens with one attached hydrogen (secondary N) is 1. The van der Waals surface area contributed by atoms with Crippen LogP contribution >= 0.6 is 11.8 Å². The molecule has 0 aliphatic carbocycles. The predicted octanol–water partition coefficient (Wildman–Crippen LogP) is 2.75. The van der Waals surface area contributed by atoms with Gasteiger partial charge in [-0.3, -0.25) is 9.59 Å². The van der Waals surface area contributed by atoms with E-state index in [1.807, 2.05) is 24.3 Å². The Morgan fingerprint density at radius 3 is 2.35 bits per heavy atom. The summed E-state index contributed by atoms with van der Waals surface area (Å²) in [5.41, 5.74) is 0.879. The minimum absolute atomic E-state index is 0.180. The predicted molar refractivity (Wildman–Crippen MR) is 100 cm³/mol. The number of hydrogen-bond donors (Lipinski definition) is 1. The first-order valence-electron chi connectivity index (χ1n) is 7.85. The molecular weight excluding hydrogens is 350 g/mol. The van der Waals surface area contributed by atoms with Gasteiger partial charge in [0.1, 0.15) is 10.8 Å². The molecule has 0 saturated heterocycles. The Hall–Kier alpha value is -3.06. The van der Waals surface area contributed by atoms with E-state index in [1.165, 1.54) is 22.5 Å². The Bertz CT molecular complexity index is 967. The van der Waals surface area contributed by atoms with Crippen LogP contribution in [0.5, 0.6) is 5.75 Å². The summed E-state index contributed by atoms with van der Waals surface area (Å²) in [7, 11) is 3.19. The fourth-order valence-corrected chi connectivity index (χ4v) is 3.07. The van der Waals surface area contributed by atoms with Crippen LogP contribution in [0.15, 0.2) is 75.4 Å². The van der Waals surface area contributed by atoms with Gasteiger partial charge >= 0.3 is 0 Å². The number of rotatable bonds is 5. The Kier molecular flexibility index (Phi) is 5.38. The van der Waals surface area contributed by atoms with Crippen molar-refractivity contribution in [2.24, 2.45) is 0 Å². The number of benzene rings is 2. The molecule has 0 unspecified atom stereocenters. The molecule has 132 valence electrons. The molecule has 0 spiro atoms. The molecule has 2 aromatic carbocycles. The lowest BCUT2D eigenvalue weighted by atomic mass is 10.2. The number of nitrogens with zero attached hydrogens (tertiary/aromatic N) is 2. The molecule has 3 aromatic rings. The van der Waals surface area contributed by atoms with Crippen LogP contribution in [0.2, 0.25) is 0 Å². The van der Waals surface area contributed by atoms with E-state index in [0.717, 1.165) is 10.6 Å². The molecular formula is C19H17N3O3S. The van der Waals surface area contributed by atoms with Crippen LogP contribution in [0.25, 0.3) is 5.69 Å². The zero-order valence-corrected chi connectivity index (χ0v) is 15.1. The third-order valence-corrected chi connectivity index (χ3v) is 4.59. The first-order valence-corrected chi connectivity index (χ1v) is 8.67. The molecule has 0 atom stereocenters. The molecule has 7 heteroatoms. The Morgan fingerprint density at radius 1 is 1.04 bits per heavy atom. The summed E-state index contributed by atoms with van der Waals surface area (Å²) in [6, 6.07) is 17.5. The van der Waals surface area contributed by atoms with Crippen molar-refractivity contribution in [2.75, 3.05) is 14.2 Å². The summed E-state index contributed by atoms with van der Waals surface area (Å²) in [6.45, 7) is 0. The fourth-order valence-electron chi connectivity index (χ4n) is 2.30. The highest BCUT2D eigenvalue weighted by atomic mass is 32.2. The van der Waals surface area contributed by atoms with Crippen molar-refractivity contribution in [3.63, 3.8) is 0 Å². The molecule has 0 fully saturated rings. The summed E-state index contributed by atoms with van der Waals surface area (Å²) in [6.07, 6.45) is 0. The maximum absolute atomic E-state index is 12.2. The van der Waals surface area contributed by atoms with E-state index in [-0.39, 0.29) is 11.5 Å². The van der Waals surface area contributed by atoms with Gasteiger partial charge in [-0.05, 0) is 54.6 Å². The van der Waals surface area contributed by atoms with Gasteiger partial charge in [0.05, 0.1) is 12.8 Å². The normalized spacial score (nSPS) is 10.4. The Labute approximate surface area is 154 Å². The second-order valence-corrected chi connectivity index (χ2v) is 6.42. The largest absolute Gasteiger partial charge is 0.497 e. The Balaban J connectivity index is 1.87. The minimum atomic E-state index is -0.239. The summed E-state index contributed by atoms with van der Waals surface area (Å²) in [5.74, 6) is 0.601. The van der Waals surface area contributed by atoms with Crippen molar-refractivity contribution in [1.82, 2.24) is 15.1 Å². The van der Waals surface area contributed by atoms with Crippen LogP contribution in [-0.2, 0) is 0 Å². The number of carbonyl (C=O) groups excluding carboxylic acids is 1. The molecule has 3 rings (SSSR count). The average molecular weight is 367 g/mol. The van der Waals surface area contributed by atoms with Crippen LogP contribution < -0.4 is 15.6 Å². The summed E-state index contributed by atoms with van der Waals surface area (Å²) in [5, 5.41) is 7.66. The van der Waals surface area contributed by atoms with Gasteiger partial charge in [-0.1, -0.05) is 11.8 Å².